The zero-order valence-electron chi connectivity index (χ0n) is 7.29. The van der Waals surface area contributed by atoms with Gasteiger partial charge in [-0.25, -0.2) is 0 Å². The predicted molar refractivity (Wildman–Crippen MR) is 58.7 cm³/mol. The Kier molecular flexibility index (Phi) is 4.21. The van der Waals surface area contributed by atoms with Gasteiger partial charge in [0.2, 0.25) is 0 Å². The van der Waals surface area contributed by atoms with E-state index < -0.39 is 9.85 Å². The van der Waals surface area contributed by atoms with Crippen LogP contribution in [-0.4, -0.2) is 12.9 Å². The van der Waals surface area contributed by atoms with Crippen LogP contribution in [0.5, 0.6) is 5.75 Å². The fourth-order valence-corrected chi connectivity index (χ4v) is 1.66. The van der Waals surface area contributed by atoms with Gasteiger partial charge in [-0.05, 0) is 6.07 Å². The van der Waals surface area contributed by atoms with Crippen molar-refractivity contribution in [1.82, 2.24) is 0 Å². The smallest absolute Gasteiger partial charge is 0.387 e. The van der Waals surface area contributed by atoms with Gasteiger partial charge in [0.1, 0.15) is 5.75 Å². The minimum absolute atomic E-state index is 0.0478. The molecule has 0 aliphatic carbocycles. The van der Waals surface area contributed by atoms with Crippen LogP contribution in [0.2, 0.25) is 0 Å². The quantitative estimate of drug-likeness (QED) is 0.618. The maximum Gasteiger partial charge on any atom is 0.387 e. The standard InChI is InChI=1S/C9H6Br2F2O2/c10-9(11,5-14)6-3-1-2-4-7(6)15-8(12)13/h1-5,8H. The van der Waals surface area contributed by atoms with Gasteiger partial charge in [0.05, 0.1) is 0 Å². The minimum Gasteiger partial charge on any atom is -0.434 e. The lowest BCUT2D eigenvalue weighted by Gasteiger charge is -2.17. The van der Waals surface area contributed by atoms with Crippen molar-refractivity contribution in [2.24, 2.45) is 0 Å². The SMILES string of the molecule is O=CC(Br)(Br)c1ccccc1OC(F)F. The second-order valence-electron chi connectivity index (χ2n) is 2.62. The van der Waals surface area contributed by atoms with E-state index in [9.17, 15) is 13.6 Å². The summed E-state index contributed by atoms with van der Waals surface area (Å²) in [5.74, 6) is -0.0478. The van der Waals surface area contributed by atoms with Crippen molar-refractivity contribution in [3.8, 4) is 5.75 Å². The summed E-state index contributed by atoms with van der Waals surface area (Å²) in [6, 6.07) is 6.04. The maximum absolute atomic E-state index is 12.1. The Morgan fingerprint density at radius 1 is 1.33 bits per heavy atom. The number of hydrogen-bond acceptors (Lipinski definition) is 2. The van der Waals surface area contributed by atoms with E-state index in [1.165, 1.54) is 12.1 Å². The topological polar surface area (TPSA) is 26.3 Å². The second-order valence-corrected chi connectivity index (χ2v) is 6.18. The normalized spacial score (nSPS) is 11.5. The Hall–Kier alpha value is -0.490. The van der Waals surface area contributed by atoms with Gasteiger partial charge >= 0.3 is 6.61 Å². The van der Waals surface area contributed by atoms with Gasteiger partial charge in [-0.2, -0.15) is 8.78 Å². The molecule has 0 aliphatic heterocycles. The van der Waals surface area contributed by atoms with Gasteiger partial charge in [0.25, 0.3) is 0 Å². The number of aldehydes is 1. The molecule has 1 aromatic rings. The molecular formula is C9H6Br2F2O2. The molecule has 1 rings (SSSR count). The van der Waals surface area contributed by atoms with Crippen molar-refractivity contribution in [2.45, 2.75) is 9.85 Å². The Morgan fingerprint density at radius 3 is 2.47 bits per heavy atom. The van der Waals surface area contributed by atoms with E-state index in [1.807, 2.05) is 0 Å². The fourth-order valence-electron chi connectivity index (χ4n) is 1.00. The Bertz CT molecular complexity index is 356. The number of ether oxygens (including phenoxy) is 1. The van der Waals surface area contributed by atoms with E-state index in [1.54, 1.807) is 12.1 Å². The summed E-state index contributed by atoms with van der Waals surface area (Å²) >= 11 is 6.11. The van der Waals surface area contributed by atoms with Gasteiger partial charge in [0.15, 0.2) is 9.52 Å². The first-order chi connectivity index (χ1) is 6.97. The first-order valence-corrected chi connectivity index (χ1v) is 5.44. The molecule has 0 atom stereocenters. The molecule has 0 saturated carbocycles. The lowest BCUT2D eigenvalue weighted by Crippen LogP contribution is -2.14. The highest BCUT2D eigenvalue weighted by molar-refractivity contribution is 9.25. The van der Waals surface area contributed by atoms with E-state index >= 15 is 0 Å². The third kappa shape index (κ3) is 3.24. The summed E-state index contributed by atoms with van der Waals surface area (Å²) in [6.07, 6.45) is 0.542. The molecule has 0 radical (unpaired) electrons. The first-order valence-electron chi connectivity index (χ1n) is 3.86. The van der Waals surface area contributed by atoms with Gasteiger partial charge < -0.3 is 9.53 Å². The molecule has 0 amide bonds. The molecule has 0 spiro atoms. The van der Waals surface area contributed by atoms with Crippen LogP contribution in [0.15, 0.2) is 24.3 Å². The van der Waals surface area contributed by atoms with Gasteiger partial charge in [-0.1, -0.05) is 50.1 Å². The third-order valence-electron chi connectivity index (χ3n) is 1.61. The number of halogens is 4. The number of alkyl halides is 4. The first kappa shape index (κ1) is 12.6. The number of hydrogen-bond donors (Lipinski definition) is 0. The Labute approximate surface area is 102 Å². The molecule has 0 N–H and O–H groups in total. The Morgan fingerprint density at radius 2 is 1.93 bits per heavy atom. The van der Waals surface area contributed by atoms with E-state index in [2.05, 4.69) is 36.6 Å². The predicted octanol–water partition coefficient (Wildman–Crippen LogP) is 3.43. The fraction of sp³-hybridized carbons (Fsp3) is 0.222. The summed E-state index contributed by atoms with van der Waals surface area (Å²) in [5, 5.41) is 0. The highest BCUT2D eigenvalue weighted by Crippen LogP contribution is 2.41. The average molecular weight is 344 g/mol. The summed E-state index contributed by atoms with van der Waals surface area (Å²) in [4.78, 5) is 10.7. The average Bonchev–Trinajstić information content (AvgIpc) is 2.17. The van der Waals surface area contributed by atoms with Crippen LogP contribution in [0.1, 0.15) is 5.56 Å². The molecule has 0 heterocycles. The van der Waals surface area contributed by atoms with Crippen molar-refractivity contribution in [1.29, 1.82) is 0 Å². The lowest BCUT2D eigenvalue weighted by atomic mass is 10.1. The van der Waals surface area contributed by atoms with Crippen LogP contribution in [0, 0.1) is 0 Å². The summed E-state index contributed by atoms with van der Waals surface area (Å²) < 4.78 is 27.2. The molecule has 0 fully saturated rings. The van der Waals surface area contributed by atoms with Crippen LogP contribution in [0.25, 0.3) is 0 Å². The van der Waals surface area contributed by atoms with Crippen LogP contribution in [0.3, 0.4) is 0 Å². The molecule has 1 aromatic carbocycles. The minimum atomic E-state index is -2.92. The summed E-state index contributed by atoms with van der Waals surface area (Å²) in [6.45, 7) is -2.92. The number of para-hydroxylation sites is 1. The largest absolute Gasteiger partial charge is 0.434 e. The molecule has 0 saturated heterocycles. The second kappa shape index (κ2) is 5.03. The van der Waals surface area contributed by atoms with Gasteiger partial charge in [-0.3, -0.25) is 0 Å². The van der Waals surface area contributed by atoms with Crippen molar-refractivity contribution in [2.75, 3.05) is 0 Å². The molecule has 6 heteroatoms. The van der Waals surface area contributed by atoms with Crippen LogP contribution in [-0.2, 0) is 8.03 Å². The van der Waals surface area contributed by atoms with Crippen molar-refractivity contribution < 1.29 is 18.3 Å². The van der Waals surface area contributed by atoms with Crippen molar-refractivity contribution in [3.63, 3.8) is 0 Å². The van der Waals surface area contributed by atoms with Crippen LogP contribution >= 0.6 is 31.9 Å². The molecular weight excluding hydrogens is 338 g/mol. The zero-order chi connectivity index (χ0) is 11.5. The Balaban J connectivity index is 3.11. The van der Waals surface area contributed by atoms with Crippen molar-refractivity contribution in [3.05, 3.63) is 29.8 Å². The number of benzene rings is 1. The number of carbonyl (C=O) groups excluding carboxylic acids is 1. The van der Waals surface area contributed by atoms with Gasteiger partial charge in [-0.15, -0.1) is 0 Å². The molecule has 0 unspecified atom stereocenters. The summed E-state index contributed by atoms with van der Waals surface area (Å²) in [7, 11) is 0. The van der Waals surface area contributed by atoms with E-state index in [0.717, 1.165) is 0 Å². The van der Waals surface area contributed by atoms with Crippen LogP contribution < -0.4 is 4.74 Å². The third-order valence-corrected chi connectivity index (χ3v) is 2.84. The number of carbonyl (C=O) groups is 1. The lowest BCUT2D eigenvalue weighted by molar-refractivity contribution is -0.108. The van der Waals surface area contributed by atoms with Crippen molar-refractivity contribution >= 4 is 38.1 Å². The number of rotatable bonds is 4. The molecule has 0 bridgehead atoms. The molecule has 0 aliphatic rings. The van der Waals surface area contributed by atoms with E-state index in [0.29, 0.717) is 11.8 Å². The van der Waals surface area contributed by atoms with Gasteiger partial charge in [0, 0.05) is 5.56 Å². The maximum atomic E-state index is 12.1. The zero-order valence-corrected chi connectivity index (χ0v) is 10.5. The summed E-state index contributed by atoms with van der Waals surface area (Å²) in [5.41, 5.74) is 0.292. The van der Waals surface area contributed by atoms with E-state index in [4.69, 9.17) is 0 Å². The molecule has 15 heavy (non-hydrogen) atoms. The van der Waals surface area contributed by atoms with Crippen LogP contribution in [0.4, 0.5) is 8.78 Å². The monoisotopic (exact) mass is 342 g/mol. The molecule has 0 aromatic heterocycles. The van der Waals surface area contributed by atoms with E-state index in [-0.39, 0.29) is 5.75 Å². The molecule has 82 valence electrons. The molecule has 2 nitrogen and oxygen atoms in total. The highest BCUT2D eigenvalue weighted by atomic mass is 79.9. The highest BCUT2D eigenvalue weighted by Gasteiger charge is 2.28.